The number of ether oxygens (including phenoxy) is 7. The van der Waals surface area contributed by atoms with Crippen LogP contribution in [-0.4, -0.2) is 204 Å². The number of aromatic nitrogens is 12. The van der Waals surface area contributed by atoms with E-state index in [4.69, 9.17) is 138 Å². The van der Waals surface area contributed by atoms with Crippen molar-refractivity contribution in [2.75, 3.05) is 83.3 Å². The van der Waals surface area contributed by atoms with E-state index in [9.17, 15) is 58.1 Å². The Kier molecular flexibility index (Phi) is 30.2. The summed E-state index contributed by atoms with van der Waals surface area (Å²) in [7, 11) is 0. The van der Waals surface area contributed by atoms with Crippen molar-refractivity contribution in [2.24, 2.45) is 23.7 Å². The number of hydrogen-bond donors (Lipinski definition) is 10. The first-order chi connectivity index (χ1) is 53.9. The lowest BCUT2D eigenvalue weighted by molar-refractivity contribution is -0.122. The van der Waals surface area contributed by atoms with E-state index in [2.05, 4.69) is 50.8 Å². The van der Waals surface area contributed by atoms with E-state index in [1.807, 2.05) is 27.7 Å². The molecule has 5 aliphatic rings. The van der Waals surface area contributed by atoms with Gasteiger partial charge in [-0.25, -0.2) is 24.2 Å². The number of carbonyl (C=O) groups excluding carboxylic acids is 1. The summed E-state index contributed by atoms with van der Waals surface area (Å²) in [5, 5.41) is 10.3. The number of aliphatic hydroxyl groups excluding tert-OH is 1. The summed E-state index contributed by atoms with van der Waals surface area (Å²) in [5.41, 5.74) is 12.3. The number of anilines is 3. The molecule has 52 heteroatoms. The molecule has 13 N–H and O–H groups in total. The largest absolute Gasteiger partial charge is 0.394 e. The molecule has 0 saturated carbocycles. The summed E-state index contributed by atoms with van der Waals surface area (Å²) in [4.78, 5) is 162. The Bertz CT molecular complexity index is 5080. The molecule has 43 nitrogen and oxygen atoms in total. The lowest BCUT2D eigenvalue weighted by Gasteiger charge is -2.30. The van der Waals surface area contributed by atoms with Gasteiger partial charge in [0.15, 0.2) is 11.2 Å². The number of ketones is 1. The van der Waals surface area contributed by atoms with E-state index in [1.54, 1.807) is 6.92 Å². The van der Waals surface area contributed by atoms with Crippen LogP contribution in [-0.2, 0) is 126 Å². The van der Waals surface area contributed by atoms with Crippen LogP contribution in [0.25, 0.3) is 11.2 Å². The van der Waals surface area contributed by atoms with Crippen LogP contribution in [0.2, 0.25) is 0 Å². The standard InChI is InChI=1S/C62H88BrN15O28P4S4/c1-30(2)34-18-47(74-11-9-45(64)68-59(74)84)99-41(34)25-97-110(114,93-17-16-92-15-14-91-13-7-8-36(80)31(3)4)105-39-21-48(76-22-32(5)54(81)72-61(76)86)100-43(39)27-94-107(88,111)104-38-20-50(78-29-67-51-53(78)70-58(66)71-56(51)83)101-42(38)26-95-109(90,113)106-52-33(6)57(75-12-10-46(65)69-60(75)85)102-44(52)28-96-108(89,112)103-37-19-49(98-40(37)24-79)77-23-35(63)55(82)73-62(77)87/h9-12,22-23,29-31,33-34,37-44,47-50,52,57,79H,7-8,13-21,24-28H2,1-6H3,(H,88,111)(H,89,112)(H,90,113)(H2,64,68,84)(H2,65,69,85)(H,72,81,86)(H,73,82,87)(H3,66,70,71,83)/t33-,34?,37?,38?,39?,40+,41+,42+,43+,44+,47+,48+,49+,50+,52?,57+,107?,108?,109?,110?/m0/s1. The predicted octanol–water partition coefficient (Wildman–Crippen LogP) is 2.04. The van der Waals surface area contributed by atoms with Crippen LogP contribution in [0.4, 0.5) is 17.6 Å². The number of nitrogen functional groups attached to an aromatic ring is 3. The second-order valence-corrected chi connectivity index (χ2v) is 40.0. The van der Waals surface area contributed by atoms with Crippen molar-refractivity contribution in [3.8, 4) is 0 Å². The number of fused-ring (bicyclic) bond motifs is 1. The molecule has 630 valence electrons. The molecular weight excluding hydrogens is 1730 g/mol. The van der Waals surface area contributed by atoms with Gasteiger partial charge in [0.25, 0.3) is 16.7 Å². The number of nitrogens with one attached hydrogen (secondary N) is 3. The van der Waals surface area contributed by atoms with Crippen molar-refractivity contribution in [1.82, 2.24) is 57.7 Å². The molecule has 11 rings (SSSR count). The van der Waals surface area contributed by atoms with Gasteiger partial charge in [0.05, 0.1) is 94.7 Å². The van der Waals surface area contributed by atoms with Gasteiger partial charge >= 0.3 is 49.6 Å². The highest BCUT2D eigenvalue weighted by Crippen LogP contribution is 2.57. The minimum Gasteiger partial charge on any atom is -0.394 e. The Balaban J connectivity index is 0.817. The highest BCUT2D eigenvalue weighted by atomic mass is 79.9. The summed E-state index contributed by atoms with van der Waals surface area (Å²) in [6.45, 7) is -9.70. The van der Waals surface area contributed by atoms with Gasteiger partial charge in [-0.1, -0.05) is 34.6 Å². The van der Waals surface area contributed by atoms with Gasteiger partial charge < -0.3 is 111 Å². The summed E-state index contributed by atoms with van der Waals surface area (Å²) in [6, 6.07) is 2.79. The van der Waals surface area contributed by atoms with Gasteiger partial charge in [0.1, 0.15) is 79.1 Å². The number of Topliss-reactive ketones (excluding diaryl/α,β-unsaturated/α-hetero) is 1. The molecule has 5 aliphatic heterocycles. The first-order valence-electron chi connectivity index (χ1n) is 35.7. The molecule has 0 aromatic carbocycles. The van der Waals surface area contributed by atoms with Crippen molar-refractivity contribution in [3.05, 3.63) is 126 Å². The Labute approximate surface area is 676 Å². The van der Waals surface area contributed by atoms with Crippen molar-refractivity contribution >= 4 is 125 Å². The molecule has 0 radical (unpaired) electrons. The molecule has 6 aromatic rings. The van der Waals surface area contributed by atoms with Gasteiger partial charge in [-0.3, -0.25) is 57.0 Å². The van der Waals surface area contributed by atoms with Crippen LogP contribution >= 0.6 is 42.8 Å². The monoisotopic (exact) mass is 1820 g/mol. The van der Waals surface area contributed by atoms with Crippen molar-refractivity contribution in [2.45, 2.75) is 166 Å². The molecule has 9 unspecified atom stereocenters. The second kappa shape index (κ2) is 38.5. The first-order valence-corrected chi connectivity index (χ1v) is 46.8. The van der Waals surface area contributed by atoms with Crippen LogP contribution in [0, 0.1) is 30.6 Å². The zero-order chi connectivity index (χ0) is 82.5. The summed E-state index contributed by atoms with van der Waals surface area (Å²) in [6.07, 6.45) is -9.73. The minimum atomic E-state index is -4.64. The van der Waals surface area contributed by atoms with E-state index in [1.165, 1.54) is 59.3 Å². The SMILES string of the molecule is Cc1cn([C@H]2CC(OP(=S)(OCCOCCOCCCC(=O)C(C)C)OC[C@H]3O[C@@H](n4ccc(N)nc4=O)CC3C(C)C)[C@@H](COP(O)(=S)OC3C[C@H](n4cnc5c(=O)[nH]c(N)nc54)O[C@@H]3COP(O)(=S)OC3[C@@H](COP(O)(=S)OC4C[C@H](n5cc(Br)c(=O)[nH]c5=O)O[C@@H]4CO)O[C@@H](n4ccc(N)nc4=O)[C@H]3C)O2)c(=O)[nH]c1=O. The molecule has 0 spiro atoms. The molecule has 0 bridgehead atoms. The number of halogens is 1. The van der Waals surface area contributed by atoms with Gasteiger partial charge in [0.2, 0.25) is 5.95 Å². The van der Waals surface area contributed by atoms with Gasteiger partial charge in [-0.2, -0.15) is 15.0 Å². The third-order valence-electron chi connectivity index (χ3n) is 19.1. The Morgan fingerprint density at radius 3 is 1.70 bits per heavy atom. The van der Waals surface area contributed by atoms with E-state index in [-0.39, 0.29) is 115 Å². The summed E-state index contributed by atoms with van der Waals surface area (Å²) in [5.74, 6) is -1.56. The van der Waals surface area contributed by atoms with E-state index in [0.717, 1.165) is 13.7 Å². The number of nitrogens with two attached hydrogens (primary N) is 3. The number of H-pyrrole nitrogens is 3. The Morgan fingerprint density at radius 2 is 1.11 bits per heavy atom. The molecule has 11 heterocycles. The number of nitrogens with zero attached hydrogens (tertiary/aromatic N) is 9. The number of aliphatic hydroxyl groups is 1. The van der Waals surface area contributed by atoms with Crippen LogP contribution in [0.5, 0.6) is 0 Å². The van der Waals surface area contributed by atoms with Crippen LogP contribution in [0.3, 0.4) is 0 Å². The average Bonchev–Trinajstić information content (AvgIpc) is 1.63. The fraction of sp³-hybridized carbons (Fsp3) is 0.645. The number of imidazole rings is 1. The zero-order valence-electron chi connectivity index (χ0n) is 61.9. The third kappa shape index (κ3) is 22.6. The quantitative estimate of drug-likeness (QED) is 0.0195. The number of aromatic amines is 3. The van der Waals surface area contributed by atoms with E-state index in [0.29, 0.717) is 25.9 Å². The molecule has 114 heavy (non-hydrogen) atoms. The second-order valence-electron chi connectivity index (χ2n) is 27.8. The third-order valence-corrected chi connectivity index (χ3v) is 26.8. The average molecular weight is 1820 g/mol. The molecule has 5 saturated heterocycles. The molecule has 6 aromatic heterocycles. The summed E-state index contributed by atoms with van der Waals surface area (Å²) < 4.78 is 105. The zero-order valence-corrected chi connectivity index (χ0v) is 70.3. The molecule has 5 fully saturated rings. The first kappa shape index (κ1) is 89.6. The lowest BCUT2D eigenvalue weighted by atomic mass is 9.89. The molecular formula is C62H88BrN15O28P4S4. The maximum atomic E-state index is 13.6. The Morgan fingerprint density at radius 1 is 0.596 bits per heavy atom. The van der Waals surface area contributed by atoms with E-state index < -0.39 is 185 Å². The fourth-order valence-corrected chi connectivity index (χ4v) is 20.2. The minimum absolute atomic E-state index is 0.00963. The number of aryl methyl sites for hydroxylation is 1. The number of rotatable bonds is 39. The summed E-state index contributed by atoms with van der Waals surface area (Å²) >= 11 is 26.1. The molecule has 0 aliphatic carbocycles. The molecule has 0 amide bonds. The smallest absolute Gasteiger partial charge is 0.351 e. The van der Waals surface area contributed by atoms with Crippen molar-refractivity contribution < 1.29 is 98.5 Å². The van der Waals surface area contributed by atoms with Crippen LogP contribution in [0.15, 0.2) is 81.3 Å². The topological polar surface area (TPSA) is 567 Å². The highest BCUT2D eigenvalue weighted by molar-refractivity contribution is 9.10. The fourth-order valence-electron chi connectivity index (χ4n) is 13.3. The molecule has 20 atom stereocenters. The van der Waals surface area contributed by atoms with Gasteiger partial charge in [-0.05, 0) is 107 Å². The highest BCUT2D eigenvalue weighted by Gasteiger charge is 2.51. The van der Waals surface area contributed by atoms with Crippen LogP contribution < -0.4 is 56.6 Å². The predicted molar refractivity (Wildman–Crippen MR) is 420 cm³/mol. The van der Waals surface area contributed by atoms with E-state index >= 15 is 0 Å². The van der Waals surface area contributed by atoms with Crippen molar-refractivity contribution in [3.63, 3.8) is 0 Å². The maximum absolute atomic E-state index is 13.6. The Hall–Kier alpha value is -5.18. The van der Waals surface area contributed by atoms with Crippen molar-refractivity contribution in [1.29, 1.82) is 0 Å². The van der Waals surface area contributed by atoms with Gasteiger partial charge in [-0.15, -0.1) is 0 Å². The normalized spacial score (nSPS) is 28.0. The number of hydrogen-bond acceptors (Lipinski definition) is 36. The lowest BCUT2D eigenvalue weighted by Crippen LogP contribution is -2.34. The van der Waals surface area contributed by atoms with Crippen LogP contribution in [0.1, 0.15) is 110 Å². The number of carbonyl (C=O) groups is 1. The maximum Gasteiger partial charge on any atom is 0.351 e. The van der Waals surface area contributed by atoms with Gasteiger partial charge in [0, 0.05) is 74.5 Å².